The molecule has 4 rings (SSSR count). The summed E-state index contributed by atoms with van der Waals surface area (Å²) in [6, 6.07) is 7.19. The molecule has 2 N–H and O–H groups in total. The second-order valence-electron chi connectivity index (χ2n) is 9.42. The van der Waals surface area contributed by atoms with Crippen LogP contribution in [-0.2, 0) is 4.74 Å². The number of aliphatic imine (C=N–C) groups is 1. The maximum atomic E-state index is 14.7. The Balaban J connectivity index is 1.95. The summed E-state index contributed by atoms with van der Waals surface area (Å²) in [4.78, 5) is 7.44. The van der Waals surface area contributed by atoms with Crippen LogP contribution in [0.5, 0.6) is 0 Å². The number of allylic oxidation sites excluding steroid dienone is 2. The van der Waals surface area contributed by atoms with Crippen molar-refractivity contribution in [2.45, 2.75) is 53.1 Å². The molecule has 3 aromatic rings. The summed E-state index contributed by atoms with van der Waals surface area (Å²) in [6.07, 6.45) is 4.97. The SMILES string of the molecule is CC/C=C(\CC)N=C(c1cc(Cl)c(-c2ccc(F)c3sc(N)c(C#N)c23)c(P)c1C)N1CCOC(C)CC1. The lowest BCUT2D eigenvalue weighted by molar-refractivity contribution is 0.0768. The number of amidine groups is 1. The van der Waals surface area contributed by atoms with Crippen LogP contribution < -0.4 is 11.0 Å². The van der Waals surface area contributed by atoms with Crippen LogP contribution >= 0.6 is 32.2 Å². The van der Waals surface area contributed by atoms with E-state index in [4.69, 9.17) is 27.1 Å². The van der Waals surface area contributed by atoms with Crippen LogP contribution in [0.25, 0.3) is 21.2 Å². The highest BCUT2D eigenvalue weighted by molar-refractivity contribution is 7.28. The van der Waals surface area contributed by atoms with E-state index in [2.05, 4.69) is 47.1 Å². The zero-order valence-corrected chi connectivity index (χ0v) is 24.9. The minimum absolute atomic E-state index is 0.190. The number of thiophene rings is 1. The predicted molar refractivity (Wildman–Crippen MR) is 162 cm³/mol. The van der Waals surface area contributed by atoms with Crippen molar-refractivity contribution in [3.05, 3.63) is 57.5 Å². The van der Waals surface area contributed by atoms with Crippen molar-refractivity contribution in [2.75, 3.05) is 25.4 Å². The maximum absolute atomic E-state index is 14.7. The zero-order valence-electron chi connectivity index (χ0n) is 22.2. The molecule has 1 aromatic heterocycles. The van der Waals surface area contributed by atoms with Crippen LogP contribution in [0.2, 0.25) is 5.02 Å². The maximum Gasteiger partial charge on any atom is 0.141 e. The van der Waals surface area contributed by atoms with Crippen LogP contribution in [0.4, 0.5) is 9.39 Å². The number of rotatable bonds is 5. The Kier molecular flexibility index (Phi) is 9.11. The molecule has 200 valence electrons. The van der Waals surface area contributed by atoms with Gasteiger partial charge in [0.05, 0.1) is 23.0 Å². The molecular formula is C29H33ClFN4OPS. The van der Waals surface area contributed by atoms with E-state index in [0.717, 1.165) is 77.2 Å². The summed E-state index contributed by atoms with van der Waals surface area (Å²) in [5, 5.41) is 12.0. The number of benzene rings is 2. The van der Waals surface area contributed by atoms with Crippen molar-refractivity contribution in [3.63, 3.8) is 0 Å². The Hall–Kier alpha value is -2.49. The van der Waals surface area contributed by atoms with E-state index in [-0.39, 0.29) is 11.7 Å². The van der Waals surface area contributed by atoms with E-state index >= 15 is 0 Å². The van der Waals surface area contributed by atoms with E-state index in [9.17, 15) is 9.65 Å². The highest BCUT2D eigenvalue weighted by Gasteiger charge is 2.25. The minimum atomic E-state index is -0.404. The van der Waals surface area contributed by atoms with Gasteiger partial charge in [-0.2, -0.15) is 5.26 Å². The molecule has 2 unspecified atom stereocenters. The van der Waals surface area contributed by atoms with Gasteiger partial charge in [-0.15, -0.1) is 20.6 Å². The number of nitrogens with two attached hydrogens (primary N) is 1. The molecule has 0 saturated carbocycles. The average molecular weight is 571 g/mol. The smallest absolute Gasteiger partial charge is 0.141 e. The molecule has 0 amide bonds. The molecule has 0 aliphatic carbocycles. The average Bonchev–Trinajstić information content (AvgIpc) is 3.09. The van der Waals surface area contributed by atoms with Gasteiger partial charge in [0.25, 0.3) is 0 Å². The second-order valence-corrected chi connectivity index (χ2v) is 11.5. The number of nitrogen functional groups attached to an aromatic ring is 1. The Morgan fingerprint density at radius 1 is 1.39 bits per heavy atom. The van der Waals surface area contributed by atoms with Gasteiger partial charge in [-0.3, -0.25) is 0 Å². The van der Waals surface area contributed by atoms with Crippen LogP contribution in [0.1, 0.15) is 56.7 Å². The summed E-state index contributed by atoms with van der Waals surface area (Å²) in [6.45, 7) is 10.6. The molecule has 0 bridgehead atoms. The van der Waals surface area contributed by atoms with E-state index in [0.29, 0.717) is 32.3 Å². The summed E-state index contributed by atoms with van der Waals surface area (Å²) in [7, 11) is 2.81. The number of ether oxygens (including phenoxy) is 1. The third-order valence-corrected chi connectivity index (χ3v) is 8.99. The van der Waals surface area contributed by atoms with Gasteiger partial charge in [-0.05, 0) is 61.7 Å². The number of halogens is 2. The fourth-order valence-electron chi connectivity index (χ4n) is 4.83. The minimum Gasteiger partial charge on any atom is -0.389 e. The highest BCUT2D eigenvalue weighted by Crippen LogP contribution is 2.43. The molecule has 5 nitrogen and oxygen atoms in total. The molecule has 1 aliphatic rings. The van der Waals surface area contributed by atoms with E-state index < -0.39 is 5.82 Å². The van der Waals surface area contributed by atoms with Gasteiger partial charge in [0.1, 0.15) is 22.7 Å². The van der Waals surface area contributed by atoms with E-state index in [1.807, 2.05) is 13.0 Å². The molecule has 1 aliphatic heterocycles. The molecule has 0 radical (unpaired) electrons. The Labute approximate surface area is 235 Å². The first-order valence-corrected chi connectivity index (χ1v) is 14.6. The number of hydrogen-bond donors (Lipinski definition) is 1. The molecule has 1 fully saturated rings. The number of nitrogens with zero attached hydrogens (tertiary/aromatic N) is 3. The summed E-state index contributed by atoms with van der Waals surface area (Å²) < 4.78 is 21.0. The molecule has 1 saturated heterocycles. The second kappa shape index (κ2) is 12.1. The van der Waals surface area contributed by atoms with Crippen molar-refractivity contribution in [2.24, 2.45) is 4.99 Å². The predicted octanol–water partition coefficient (Wildman–Crippen LogP) is 7.18. The molecule has 38 heavy (non-hydrogen) atoms. The van der Waals surface area contributed by atoms with Crippen molar-refractivity contribution in [1.29, 1.82) is 5.26 Å². The fourth-order valence-corrected chi connectivity index (χ4v) is 6.65. The van der Waals surface area contributed by atoms with Gasteiger partial charge in [0.15, 0.2) is 0 Å². The van der Waals surface area contributed by atoms with Gasteiger partial charge in [-0.25, -0.2) is 9.38 Å². The first-order chi connectivity index (χ1) is 18.2. The van der Waals surface area contributed by atoms with Crippen LogP contribution in [0, 0.1) is 24.1 Å². The standard InChI is InChI=1S/C29H33ClFN4OPS/c1-5-7-18(6-2)34-29(35-11-10-16(3)36-13-12-35)20-14-22(30)25(26(37)17(20)4)19-8-9-23(31)27-24(19)21(15-32)28(33)38-27/h7-9,14,16H,5-6,10-13,33,37H2,1-4H3/b18-7+,34-29?. The van der Waals surface area contributed by atoms with Gasteiger partial charge in [0.2, 0.25) is 0 Å². The van der Waals surface area contributed by atoms with Crippen molar-refractivity contribution in [1.82, 2.24) is 4.90 Å². The van der Waals surface area contributed by atoms with Gasteiger partial charge in [-0.1, -0.05) is 37.6 Å². The Bertz CT molecular complexity index is 1480. The fraction of sp³-hybridized carbons (Fsp3) is 0.379. The van der Waals surface area contributed by atoms with E-state index in [1.165, 1.54) is 6.07 Å². The monoisotopic (exact) mass is 570 g/mol. The van der Waals surface area contributed by atoms with Crippen LogP contribution in [0.3, 0.4) is 0 Å². The normalized spacial score (nSPS) is 17.1. The molecule has 2 aromatic carbocycles. The quantitative estimate of drug-likeness (QED) is 0.200. The first kappa shape index (κ1) is 28.5. The third-order valence-electron chi connectivity index (χ3n) is 6.95. The molecule has 2 heterocycles. The van der Waals surface area contributed by atoms with Gasteiger partial charge in [0, 0.05) is 40.3 Å². The van der Waals surface area contributed by atoms with Crippen molar-refractivity contribution >= 4 is 58.4 Å². The topological polar surface area (TPSA) is 74.6 Å². The highest BCUT2D eigenvalue weighted by atomic mass is 35.5. The summed E-state index contributed by atoms with van der Waals surface area (Å²) >= 11 is 8.11. The lowest BCUT2D eigenvalue weighted by Crippen LogP contribution is -2.35. The van der Waals surface area contributed by atoms with Crippen molar-refractivity contribution < 1.29 is 9.13 Å². The molecule has 9 heteroatoms. The van der Waals surface area contributed by atoms with Gasteiger partial charge >= 0.3 is 0 Å². The number of anilines is 1. The number of nitriles is 1. The zero-order chi connectivity index (χ0) is 27.6. The van der Waals surface area contributed by atoms with Gasteiger partial charge < -0.3 is 15.4 Å². The van der Waals surface area contributed by atoms with E-state index in [1.54, 1.807) is 6.07 Å². The number of hydrogen-bond acceptors (Lipinski definition) is 5. The molecule has 0 spiro atoms. The lowest BCUT2D eigenvalue weighted by Gasteiger charge is -2.27. The first-order valence-electron chi connectivity index (χ1n) is 12.9. The number of fused-ring (bicyclic) bond motifs is 1. The molecular weight excluding hydrogens is 538 g/mol. The summed E-state index contributed by atoms with van der Waals surface area (Å²) in [5.41, 5.74) is 10.8. The lowest BCUT2D eigenvalue weighted by atomic mass is 9.94. The Morgan fingerprint density at radius 2 is 2.16 bits per heavy atom. The third kappa shape index (κ3) is 5.46. The van der Waals surface area contributed by atoms with Crippen LogP contribution in [0.15, 0.2) is 35.0 Å². The van der Waals surface area contributed by atoms with Crippen LogP contribution in [-0.4, -0.2) is 36.5 Å². The van der Waals surface area contributed by atoms with Crippen molar-refractivity contribution in [3.8, 4) is 17.2 Å². The molecule has 2 atom stereocenters. The Morgan fingerprint density at radius 3 is 2.84 bits per heavy atom. The summed E-state index contributed by atoms with van der Waals surface area (Å²) in [5.74, 6) is 0.471. The largest absolute Gasteiger partial charge is 0.389 e.